The van der Waals surface area contributed by atoms with Gasteiger partial charge in [-0.05, 0) is 63.3 Å². The summed E-state index contributed by atoms with van der Waals surface area (Å²) in [6, 6.07) is -1.76. The van der Waals surface area contributed by atoms with Gasteiger partial charge in [0.1, 0.15) is 5.56 Å². The normalized spacial score (nSPS) is 42.7. The molecule has 1 saturated heterocycles. The summed E-state index contributed by atoms with van der Waals surface area (Å²) in [5.74, 6) is -5.82. The fourth-order valence-electron chi connectivity index (χ4n) is 2.42. The number of piperidine rings is 1. The van der Waals surface area contributed by atoms with Crippen molar-refractivity contribution < 1.29 is 33.2 Å². The molecule has 0 saturated carbocycles. The number of fused-ring (bicyclic) bond motifs is 1. The van der Waals surface area contributed by atoms with Gasteiger partial charge < -0.3 is 19.9 Å². The zero-order valence-corrected chi connectivity index (χ0v) is 15.3. The Balaban J connectivity index is 2.08. The minimum atomic E-state index is -3.60. The summed E-state index contributed by atoms with van der Waals surface area (Å²) in [5, 5.41) is 10.3. The minimum Gasteiger partial charge on any atom is -0.505 e. The molecule has 2 aromatic rings. The second kappa shape index (κ2) is 8.44. The Morgan fingerprint density at radius 2 is 2.59 bits per heavy atom. The summed E-state index contributed by atoms with van der Waals surface area (Å²) < 4.78 is 138. The number of rotatable bonds is 6. The summed E-state index contributed by atoms with van der Waals surface area (Å²) in [7, 11) is 0. The van der Waals surface area contributed by atoms with Crippen LogP contribution in [0.5, 0.6) is 5.75 Å². The van der Waals surface area contributed by atoms with Crippen LogP contribution in [0.2, 0.25) is 1.41 Å². The average molecular weight is 409 g/mol. The van der Waals surface area contributed by atoms with Crippen molar-refractivity contribution in [1.29, 1.82) is 0 Å². The number of carbonyl (C=O) groups is 1. The van der Waals surface area contributed by atoms with Crippen LogP contribution in [-0.4, -0.2) is 46.5 Å². The van der Waals surface area contributed by atoms with Gasteiger partial charge in [-0.3, -0.25) is 9.59 Å². The fourth-order valence-corrected chi connectivity index (χ4v) is 3.16. The molecule has 0 spiro atoms. The van der Waals surface area contributed by atoms with Crippen molar-refractivity contribution in [2.45, 2.75) is 45.9 Å². The van der Waals surface area contributed by atoms with E-state index in [2.05, 4.69) is 0 Å². The Kier molecular flexibility index (Phi) is 2.35. The molecule has 1 amide bonds. The molecule has 1 fully saturated rings. The standard InChI is InChI=1S/C20H29N3O3S/c1-13(2)23-15-7-11-27-18(15)17(24)16(20(23)26)19(25)21-8-5-10-22-9-4-6-14(3)12-22/h7,11,13-14,24H,4-6,8-10,12H2,1-3H3,(H,21,25)/i1D3,4D2,6D2,8D,9D2,10D,11D,12D2,13D,14D/hD. The molecule has 1 aliphatic heterocycles. The second-order valence-corrected chi connectivity index (χ2v) is 6.38. The predicted octanol–water partition coefficient (Wildman–Crippen LogP) is 3.20. The van der Waals surface area contributed by atoms with Gasteiger partial charge in [0.25, 0.3) is 11.5 Å². The first kappa shape index (κ1) is 7.52. The van der Waals surface area contributed by atoms with E-state index >= 15 is 0 Å². The molecule has 0 radical (unpaired) electrons. The highest BCUT2D eigenvalue weighted by atomic mass is 32.1. The molecular formula is C20H29N3O3S. The highest BCUT2D eigenvalue weighted by Gasteiger charge is 2.24. The Labute approximate surface area is 187 Å². The van der Waals surface area contributed by atoms with Crippen molar-refractivity contribution in [3.63, 3.8) is 0 Å². The summed E-state index contributed by atoms with van der Waals surface area (Å²) in [5.41, 5.74) is -3.16. The van der Waals surface area contributed by atoms with E-state index in [-0.39, 0.29) is 25.8 Å². The van der Waals surface area contributed by atoms with Gasteiger partial charge in [0.15, 0.2) is 7.16 Å². The van der Waals surface area contributed by atoms with Gasteiger partial charge in [0.05, 0.1) is 13.0 Å². The van der Waals surface area contributed by atoms with Crippen LogP contribution in [-0.2, 0) is 0 Å². The molecule has 3 heterocycles. The van der Waals surface area contributed by atoms with Crippen molar-refractivity contribution in [2.75, 3.05) is 26.0 Å². The summed E-state index contributed by atoms with van der Waals surface area (Å²) in [4.78, 5) is 26.7. The zero-order chi connectivity index (χ0) is 34.5. The Morgan fingerprint density at radius 1 is 1.78 bits per heavy atom. The maximum Gasteiger partial charge on any atom is 0.268 e. The third-order valence-electron chi connectivity index (χ3n) is 3.56. The van der Waals surface area contributed by atoms with Crippen LogP contribution in [0.1, 0.15) is 78.2 Å². The largest absolute Gasteiger partial charge is 0.505 e. The number of hydrogen-bond donors (Lipinski definition) is 2. The van der Waals surface area contributed by atoms with E-state index in [9.17, 15) is 14.7 Å². The highest BCUT2D eigenvalue weighted by molar-refractivity contribution is 7.17. The van der Waals surface area contributed by atoms with Crippen molar-refractivity contribution in [1.82, 2.24) is 14.8 Å². The lowest BCUT2D eigenvalue weighted by Crippen LogP contribution is -2.37. The lowest BCUT2D eigenvalue weighted by molar-refractivity contribution is 0.0945. The number of aromatic hydroxyl groups is 1. The van der Waals surface area contributed by atoms with Crippen LogP contribution < -0.4 is 10.9 Å². The van der Waals surface area contributed by atoms with E-state index in [4.69, 9.17) is 23.3 Å². The first-order chi connectivity index (χ1) is 19.4. The van der Waals surface area contributed by atoms with E-state index in [1.165, 1.54) is 0 Å². The highest BCUT2D eigenvalue weighted by Crippen LogP contribution is 2.32. The summed E-state index contributed by atoms with van der Waals surface area (Å²) in [6.45, 7) is -13.2. The third kappa shape index (κ3) is 4.19. The van der Waals surface area contributed by atoms with Gasteiger partial charge in [-0.2, -0.15) is 0 Å². The SMILES string of the molecule is [2H]c1cc2c(s1)c(O)c(C(=O)N([2H])C([2H])CC([2H])N1C([2H])([2H])C([2H])([2H])C([2H])([2H])C([2H])(C)C1([2H])[2H])c(=O)n2C([2H])(C)C([2H])([2H])[2H]. The molecular weight excluding hydrogens is 362 g/mol. The van der Waals surface area contributed by atoms with Crippen LogP contribution in [0.4, 0.5) is 0 Å². The van der Waals surface area contributed by atoms with Gasteiger partial charge >= 0.3 is 0 Å². The third-order valence-corrected chi connectivity index (χ3v) is 4.41. The smallest absolute Gasteiger partial charge is 0.268 e. The number of hydrogen-bond acceptors (Lipinski definition) is 5. The molecule has 0 bridgehead atoms. The van der Waals surface area contributed by atoms with Crippen molar-refractivity contribution in [3.8, 4) is 5.75 Å². The number of amides is 1. The van der Waals surface area contributed by atoms with Crippen molar-refractivity contribution >= 4 is 27.5 Å². The van der Waals surface area contributed by atoms with E-state index in [0.29, 0.717) is 22.8 Å². The molecule has 0 aliphatic carbocycles. The molecule has 2 aromatic heterocycles. The molecule has 4 unspecified atom stereocenters. The lowest BCUT2D eigenvalue weighted by atomic mass is 10.0. The van der Waals surface area contributed by atoms with Gasteiger partial charge in [-0.15, -0.1) is 11.3 Å². The monoisotopic (exact) mass is 408 g/mol. The molecule has 2 N–H and O–H groups in total. The van der Waals surface area contributed by atoms with Crippen LogP contribution in [0.3, 0.4) is 0 Å². The first-order valence-electron chi connectivity index (χ1n) is 16.4. The van der Waals surface area contributed by atoms with Crippen LogP contribution in [0, 0.1) is 5.89 Å². The predicted molar refractivity (Wildman–Crippen MR) is 110 cm³/mol. The molecule has 7 heteroatoms. The van der Waals surface area contributed by atoms with E-state index in [0.717, 1.165) is 13.0 Å². The zero-order valence-electron chi connectivity index (χ0n) is 31.5. The van der Waals surface area contributed by atoms with Crippen molar-refractivity contribution in [3.05, 3.63) is 27.3 Å². The average Bonchev–Trinajstić information content (AvgIpc) is 3.22. The Bertz CT molecular complexity index is 1500. The Morgan fingerprint density at radius 3 is 3.37 bits per heavy atom. The number of nitrogens with one attached hydrogen (secondary N) is 1. The number of carbonyl (C=O) groups excluding carboxylic acids is 1. The van der Waals surface area contributed by atoms with Crippen LogP contribution >= 0.6 is 11.3 Å². The van der Waals surface area contributed by atoms with Gasteiger partial charge in [0.2, 0.25) is 0 Å². The van der Waals surface area contributed by atoms with E-state index in [1.54, 1.807) is 0 Å². The van der Waals surface area contributed by atoms with Crippen LogP contribution in [0.25, 0.3) is 10.2 Å². The quantitative estimate of drug-likeness (QED) is 0.770. The molecule has 148 valence electrons. The van der Waals surface area contributed by atoms with Gasteiger partial charge in [-0.25, -0.2) is 0 Å². The van der Waals surface area contributed by atoms with E-state index < -0.39 is 86.7 Å². The number of pyridine rings is 1. The second-order valence-electron chi connectivity index (χ2n) is 5.53. The molecule has 27 heavy (non-hydrogen) atoms. The molecule has 6 nitrogen and oxygen atoms in total. The summed E-state index contributed by atoms with van der Waals surface area (Å²) in [6.07, 6.45) is -8.15. The number of nitrogens with zero attached hydrogens (tertiary/aromatic N) is 2. The Hall–Kier alpha value is -1.86. The molecule has 0 aromatic carbocycles. The molecule has 1 aliphatic rings. The minimum absolute atomic E-state index is 0.0893. The van der Waals surface area contributed by atoms with Gasteiger partial charge in [-0.1, -0.05) is 6.92 Å². The number of thiophene rings is 1. The van der Waals surface area contributed by atoms with Crippen LogP contribution in [0.15, 0.2) is 16.2 Å². The molecule has 4 atom stereocenters. The summed E-state index contributed by atoms with van der Waals surface area (Å²) >= 11 is 0.516. The first-order valence-corrected chi connectivity index (χ1v) is 8.61. The number of aromatic nitrogens is 1. The maximum absolute atomic E-state index is 13.5. The van der Waals surface area contributed by atoms with Gasteiger partial charge in [0, 0.05) is 38.2 Å². The fraction of sp³-hybridized carbons (Fsp3) is 0.600. The maximum atomic E-state index is 13.5. The number of likely N-dealkylation sites (tertiary alicyclic amines) is 1. The van der Waals surface area contributed by atoms with Crippen molar-refractivity contribution in [2.24, 2.45) is 5.89 Å². The topological polar surface area (TPSA) is 74.6 Å². The lowest BCUT2D eigenvalue weighted by Gasteiger charge is -2.30. The molecule has 3 rings (SSSR count). The van der Waals surface area contributed by atoms with E-state index in [1.807, 2.05) is 0 Å².